The van der Waals surface area contributed by atoms with Crippen LogP contribution in [0.25, 0.3) is 0 Å². The second-order valence-corrected chi connectivity index (χ2v) is 4.72. The number of rotatable bonds is 3. The van der Waals surface area contributed by atoms with E-state index in [9.17, 15) is 0 Å². The first-order valence-corrected chi connectivity index (χ1v) is 5.87. The Bertz CT molecular complexity index is 480. The Morgan fingerprint density at radius 2 is 2.31 bits per heavy atom. The van der Waals surface area contributed by atoms with Crippen molar-refractivity contribution < 1.29 is 0 Å². The van der Waals surface area contributed by atoms with Gasteiger partial charge in [-0.1, -0.05) is 0 Å². The largest absolute Gasteiger partial charge is 0.399 e. The van der Waals surface area contributed by atoms with Gasteiger partial charge in [0.05, 0.1) is 17.2 Å². The van der Waals surface area contributed by atoms with E-state index < -0.39 is 0 Å². The molecule has 0 spiro atoms. The summed E-state index contributed by atoms with van der Waals surface area (Å²) in [6, 6.07) is 3.64. The van der Waals surface area contributed by atoms with Crippen molar-refractivity contribution in [2.75, 3.05) is 17.7 Å². The minimum atomic E-state index is 0.728. The van der Waals surface area contributed by atoms with Crippen molar-refractivity contribution in [1.82, 2.24) is 9.97 Å². The molecule has 0 aliphatic heterocycles. The topological polar surface area (TPSA) is 55.0 Å². The molecular formula is C11H14N4S. The van der Waals surface area contributed by atoms with Gasteiger partial charge >= 0.3 is 0 Å². The fourth-order valence-corrected chi connectivity index (χ4v) is 2.05. The van der Waals surface area contributed by atoms with Gasteiger partial charge in [-0.25, -0.2) is 9.97 Å². The fourth-order valence-electron chi connectivity index (χ4n) is 1.45. The van der Waals surface area contributed by atoms with Crippen LogP contribution in [0.4, 0.5) is 11.5 Å². The molecule has 0 bridgehead atoms. The molecular weight excluding hydrogens is 220 g/mol. The highest BCUT2D eigenvalue weighted by Gasteiger charge is 2.05. The van der Waals surface area contributed by atoms with Gasteiger partial charge in [-0.2, -0.15) is 0 Å². The third-order valence-electron chi connectivity index (χ3n) is 2.23. The molecule has 0 aliphatic rings. The highest BCUT2D eigenvalue weighted by Crippen LogP contribution is 2.16. The van der Waals surface area contributed by atoms with E-state index in [-0.39, 0.29) is 0 Å². The molecule has 0 aliphatic carbocycles. The van der Waals surface area contributed by atoms with Crippen molar-refractivity contribution in [3.8, 4) is 0 Å². The number of aryl methyl sites for hydroxylation is 1. The Kier molecular flexibility index (Phi) is 3.05. The molecule has 2 rings (SSSR count). The molecule has 0 amide bonds. The van der Waals surface area contributed by atoms with Crippen LogP contribution in [-0.4, -0.2) is 17.0 Å². The van der Waals surface area contributed by atoms with E-state index in [1.165, 1.54) is 0 Å². The van der Waals surface area contributed by atoms with Crippen LogP contribution in [0.1, 0.15) is 10.7 Å². The van der Waals surface area contributed by atoms with Gasteiger partial charge in [-0.15, -0.1) is 11.3 Å². The van der Waals surface area contributed by atoms with Crippen molar-refractivity contribution in [1.29, 1.82) is 0 Å². The maximum absolute atomic E-state index is 5.71. The van der Waals surface area contributed by atoms with E-state index in [2.05, 4.69) is 15.3 Å². The molecule has 4 nitrogen and oxygen atoms in total. The predicted octanol–water partition coefficient (Wildman–Crippen LogP) is 2.07. The number of thiazole rings is 1. The lowest BCUT2D eigenvalue weighted by Gasteiger charge is -2.16. The molecule has 0 fully saturated rings. The predicted molar refractivity (Wildman–Crippen MR) is 67.6 cm³/mol. The van der Waals surface area contributed by atoms with Crippen LogP contribution in [-0.2, 0) is 6.54 Å². The quantitative estimate of drug-likeness (QED) is 0.883. The van der Waals surface area contributed by atoms with Crippen LogP contribution in [0.2, 0.25) is 0 Å². The summed E-state index contributed by atoms with van der Waals surface area (Å²) in [5.74, 6) is 0.866. The number of pyridine rings is 1. The monoisotopic (exact) mass is 234 g/mol. The van der Waals surface area contributed by atoms with Crippen LogP contribution >= 0.6 is 11.3 Å². The van der Waals surface area contributed by atoms with E-state index in [4.69, 9.17) is 5.73 Å². The van der Waals surface area contributed by atoms with Crippen molar-refractivity contribution >= 4 is 22.8 Å². The summed E-state index contributed by atoms with van der Waals surface area (Å²) < 4.78 is 0. The number of nitrogens with zero attached hydrogens (tertiary/aromatic N) is 3. The summed E-state index contributed by atoms with van der Waals surface area (Å²) in [5, 5.41) is 3.15. The van der Waals surface area contributed by atoms with Gasteiger partial charge in [0.1, 0.15) is 5.82 Å². The normalized spacial score (nSPS) is 10.4. The number of hydrogen-bond donors (Lipinski definition) is 1. The van der Waals surface area contributed by atoms with Crippen molar-refractivity contribution in [2.45, 2.75) is 13.5 Å². The SMILES string of the molecule is Cc1nc(CN(C)c2cc(N)ccn2)cs1. The van der Waals surface area contributed by atoms with Crippen LogP contribution < -0.4 is 10.6 Å². The van der Waals surface area contributed by atoms with E-state index in [1.807, 2.05) is 24.9 Å². The van der Waals surface area contributed by atoms with E-state index >= 15 is 0 Å². The summed E-state index contributed by atoms with van der Waals surface area (Å²) in [6.45, 7) is 2.76. The van der Waals surface area contributed by atoms with Gasteiger partial charge in [0, 0.05) is 30.4 Å². The maximum Gasteiger partial charge on any atom is 0.130 e. The summed E-state index contributed by atoms with van der Waals surface area (Å²) in [7, 11) is 1.98. The first kappa shape index (κ1) is 10.9. The Hall–Kier alpha value is -1.62. The van der Waals surface area contributed by atoms with Gasteiger partial charge in [0.15, 0.2) is 0 Å². The zero-order chi connectivity index (χ0) is 11.5. The molecule has 2 heterocycles. The third kappa shape index (κ3) is 2.49. The van der Waals surface area contributed by atoms with Crippen LogP contribution in [0, 0.1) is 6.92 Å². The van der Waals surface area contributed by atoms with E-state index in [0.29, 0.717) is 0 Å². The van der Waals surface area contributed by atoms with Gasteiger partial charge in [-0.05, 0) is 13.0 Å². The minimum Gasteiger partial charge on any atom is -0.399 e. The molecule has 0 radical (unpaired) electrons. The summed E-state index contributed by atoms with van der Waals surface area (Å²) >= 11 is 1.66. The Balaban J connectivity index is 2.11. The van der Waals surface area contributed by atoms with Crippen LogP contribution in [0.15, 0.2) is 23.7 Å². The van der Waals surface area contributed by atoms with Gasteiger partial charge in [0.25, 0.3) is 0 Å². The molecule has 2 N–H and O–H groups in total. The molecule has 84 valence electrons. The standard InChI is InChI=1S/C11H14N4S/c1-8-14-10(7-16-8)6-15(2)11-5-9(12)3-4-13-11/h3-5,7H,6H2,1-2H3,(H2,12,13). The van der Waals surface area contributed by atoms with Crippen molar-refractivity contribution in [2.24, 2.45) is 0 Å². The lowest BCUT2D eigenvalue weighted by atomic mass is 10.3. The molecule has 16 heavy (non-hydrogen) atoms. The second-order valence-electron chi connectivity index (χ2n) is 3.66. The second kappa shape index (κ2) is 4.49. The number of hydrogen-bond acceptors (Lipinski definition) is 5. The summed E-state index contributed by atoms with van der Waals surface area (Å²) in [4.78, 5) is 10.7. The van der Waals surface area contributed by atoms with Crippen molar-refractivity contribution in [3.05, 3.63) is 34.4 Å². The molecule has 0 unspecified atom stereocenters. The zero-order valence-electron chi connectivity index (χ0n) is 9.34. The fraction of sp³-hybridized carbons (Fsp3) is 0.273. The number of nitrogens with two attached hydrogens (primary N) is 1. The molecule has 0 saturated carbocycles. The highest BCUT2D eigenvalue weighted by atomic mass is 32.1. The van der Waals surface area contributed by atoms with Crippen molar-refractivity contribution in [3.63, 3.8) is 0 Å². The molecule has 2 aromatic rings. The number of nitrogen functional groups attached to an aromatic ring is 1. The summed E-state index contributed by atoms with van der Waals surface area (Å²) in [6.07, 6.45) is 1.72. The average Bonchev–Trinajstić information content (AvgIpc) is 2.64. The van der Waals surface area contributed by atoms with Crippen LogP contribution in [0.5, 0.6) is 0 Å². The lowest BCUT2D eigenvalue weighted by Crippen LogP contribution is -2.17. The van der Waals surface area contributed by atoms with E-state index in [1.54, 1.807) is 23.6 Å². The molecule has 2 aromatic heterocycles. The zero-order valence-corrected chi connectivity index (χ0v) is 10.2. The number of anilines is 2. The highest BCUT2D eigenvalue weighted by molar-refractivity contribution is 7.09. The summed E-state index contributed by atoms with van der Waals surface area (Å²) in [5.41, 5.74) is 7.51. The minimum absolute atomic E-state index is 0.728. The smallest absolute Gasteiger partial charge is 0.130 e. The lowest BCUT2D eigenvalue weighted by molar-refractivity contribution is 0.871. The molecule has 0 aromatic carbocycles. The Morgan fingerprint density at radius 1 is 1.50 bits per heavy atom. The maximum atomic E-state index is 5.71. The average molecular weight is 234 g/mol. The van der Waals surface area contributed by atoms with Gasteiger partial charge in [0.2, 0.25) is 0 Å². The first-order valence-electron chi connectivity index (χ1n) is 4.99. The third-order valence-corrected chi connectivity index (χ3v) is 3.05. The molecule has 0 atom stereocenters. The number of aromatic nitrogens is 2. The van der Waals surface area contributed by atoms with Crippen LogP contribution in [0.3, 0.4) is 0 Å². The van der Waals surface area contributed by atoms with Gasteiger partial charge in [-0.3, -0.25) is 0 Å². The molecule has 0 saturated heterocycles. The Labute approximate surface area is 98.8 Å². The Morgan fingerprint density at radius 3 is 2.94 bits per heavy atom. The first-order chi connectivity index (χ1) is 7.65. The molecule has 5 heteroatoms. The van der Waals surface area contributed by atoms with E-state index in [0.717, 1.165) is 28.8 Å². The van der Waals surface area contributed by atoms with Gasteiger partial charge < -0.3 is 10.6 Å².